The molecule has 14 heavy (non-hydrogen) atoms. The van der Waals surface area contributed by atoms with Crippen LogP contribution in [-0.2, 0) is 4.74 Å². The molecule has 0 aliphatic heterocycles. The molecule has 0 spiro atoms. The van der Waals surface area contributed by atoms with Gasteiger partial charge in [0, 0.05) is 12.1 Å². The van der Waals surface area contributed by atoms with E-state index < -0.39 is 5.60 Å². The molecule has 1 amide bonds. The van der Waals surface area contributed by atoms with E-state index in [1.807, 2.05) is 20.8 Å². The molecule has 1 saturated carbocycles. The van der Waals surface area contributed by atoms with Crippen LogP contribution >= 0.6 is 0 Å². The van der Waals surface area contributed by atoms with Crippen molar-refractivity contribution in [2.45, 2.75) is 57.7 Å². The van der Waals surface area contributed by atoms with Gasteiger partial charge in [0.05, 0.1) is 0 Å². The number of amides is 1. The van der Waals surface area contributed by atoms with Crippen LogP contribution in [0, 0.1) is 0 Å². The molecule has 0 aromatic rings. The second kappa shape index (κ2) is 4.17. The fourth-order valence-electron chi connectivity index (χ4n) is 1.63. The summed E-state index contributed by atoms with van der Waals surface area (Å²) in [6, 6.07) is 0.173. The molecule has 1 aliphatic carbocycles. The third-order valence-electron chi connectivity index (χ3n) is 2.27. The molecule has 3 N–H and O–H groups in total. The average molecular weight is 200 g/mol. The smallest absolute Gasteiger partial charge is 0.407 e. The SMILES string of the molecule is CC(C)(C)OC(=O)N[C@H]1CCC[C@H]1N. The largest absolute Gasteiger partial charge is 0.444 e. The van der Waals surface area contributed by atoms with E-state index in [2.05, 4.69) is 5.32 Å². The quantitative estimate of drug-likeness (QED) is 0.672. The minimum Gasteiger partial charge on any atom is -0.444 e. The Hall–Kier alpha value is -0.770. The molecular weight excluding hydrogens is 180 g/mol. The van der Waals surface area contributed by atoms with E-state index in [1.165, 1.54) is 0 Å². The van der Waals surface area contributed by atoms with Gasteiger partial charge in [-0.1, -0.05) is 0 Å². The number of hydrogen-bond donors (Lipinski definition) is 2. The lowest BCUT2D eigenvalue weighted by Crippen LogP contribution is -2.45. The molecule has 1 fully saturated rings. The van der Waals surface area contributed by atoms with Gasteiger partial charge in [0.2, 0.25) is 0 Å². The monoisotopic (exact) mass is 200 g/mol. The van der Waals surface area contributed by atoms with E-state index in [-0.39, 0.29) is 18.2 Å². The average Bonchev–Trinajstić information content (AvgIpc) is 2.32. The molecule has 1 aliphatic rings. The molecule has 0 unspecified atom stereocenters. The molecule has 4 nitrogen and oxygen atoms in total. The predicted octanol–water partition coefficient (Wildman–Crippen LogP) is 1.39. The third-order valence-corrected chi connectivity index (χ3v) is 2.27. The highest BCUT2D eigenvalue weighted by molar-refractivity contribution is 5.68. The minimum atomic E-state index is -0.438. The van der Waals surface area contributed by atoms with Gasteiger partial charge in [-0.15, -0.1) is 0 Å². The topological polar surface area (TPSA) is 64.3 Å². The summed E-state index contributed by atoms with van der Waals surface area (Å²) in [6.07, 6.45) is 2.67. The van der Waals surface area contributed by atoms with Crippen LogP contribution in [0.2, 0.25) is 0 Å². The Balaban J connectivity index is 2.33. The number of nitrogens with one attached hydrogen (secondary N) is 1. The Bertz CT molecular complexity index is 211. The first-order chi connectivity index (χ1) is 6.38. The molecule has 82 valence electrons. The number of carbonyl (C=O) groups is 1. The van der Waals surface area contributed by atoms with Gasteiger partial charge in [-0.2, -0.15) is 0 Å². The lowest BCUT2D eigenvalue weighted by molar-refractivity contribution is 0.0501. The van der Waals surface area contributed by atoms with E-state index in [1.54, 1.807) is 0 Å². The zero-order chi connectivity index (χ0) is 10.8. The second-order valence-corrected chi connectivity index (χ2v) is 4.85. The molecular formula is C10H20N2O2. The molecule has 0 aromatic heterocycles. The summed E-state index contributed by atoms with van der Waals surface area (Å²) >= 11 is 0. The van der Waals surface area contributed by atoms with Crippen LogP contribution in [-0.4, -0.2) is 23.8 Å². The second-order valence-electron chi connectivity index (χ2n) is 4.85. The van der Waals surface area contributed by atoms with Gasteiger partial charge in [0.15, 0.2) is 0 Å². The number of hydrogen-bond acceptors (Lipinski definition) is 3. The van der Waals surface area contributed by atoms with E-state index in [4.69, 9.17) is 10.5 Å². The normalized spacial score (nSPS) is 27.4. The van der Waals surface area contributed by atoms with Gasteiger partial charge in [-0.3, -0.25) is 0 Å². The molecule has 0 aromatic carbocycles. The molecule has 0 heterocycles. The van der Waals surface area contributed by atoms with Gasteiger partial charge in [0.1, 0.15) is 5.60 Å². The zero-order valence-corrected chi connectivity index (χ0v) is 9.17. The summed E-state index contributed by atoms with van der Waals surface area (Å²) in [5.74, 6) is 0. The summed E-state index contributed by atoms with van der Waals surface area (Å²) in [5, 5.41) is 2.80. The Morgan fingerprint density at radius 3 is 2.50 bits per heavy atom. The summed E-state index contributed by atoms with van der Waals surface area (Å²) in [4.78, 5) is 11.4. The van der Waals surface area contributed by atoms with E-state index in [0.29, 0.717) is 0 Å². The van der Waals surface area contributed by atoms with Crippen LogP contribution < -0.4 is 11.1 Å². The third kappa shape index (κ3) is 3.54. The molecule has 0 bridgehead atoms. The zero-order valence-electron chi connectivity index (χ0n) is 9.17. The van der Waals surface area contributed by atoms with Crippen molar-refractivity contribution >= 4 is 6.09 Å². The standard InChI is InChI=1S/C10H20N2O2/c1-10(2,3)14-9(13)12-8-6-4-5-7(8)11/h7-8H,4-6,11H2,1-3H3,(H,12,13)/t7-,8+/m1/s1. The first-order valence-corrected chi connectivity index (χ1v) is 5.13. The molecule has 1 rings (SSSR count). The predicted molar refractivity (Wildman–Crippen MR) is 55.0 cm³/mol. The molecule has 0 radical (unpaired) electrons. The van der Waals surface area contributed by atoms with Crippen molar-refractivity contribution in [3.8, 4) is 0 Å². The fourth-order valence-corrected chi connectivity index (χ4v) is 1.63. The van der Waals surface area contributed by atoms with Crippen molar-refractivity contribution in [2.75, 3.05) is 0 Å². The van der Waals surface area contributed by atoms with Crippen molar-refractivity contribution < 1.29 is 9.53 Å². The lowest BCUT2D eigenvalue weighted by atomic mass is 10.2. The Morgan fingerprint density at radius 1 is 1.43 bits per heavy atom. The highest BCUT2D eigenvalue weighted by atomic mass is 16.6. The van der Waals surface area contributed by atoms with Gasteiger partial charge in [-0.05, 0) is 40.0 Å². The first kappa shape index (κ1) is 11.3. The number of alkyl carbamates (subject to hydrolysis) is 1. The number of rotatable bonds is 1. The molecule has 0 saturated heterocycles. The summed E-state index contributed by atoms with van der Waals surface area (Å²) < 4.78 is 5.14. The maximum absolute atomic E-state index is 11.4. The van der Waals surface area contributed by atoms with Crippen LogP contribution in [0.3, 0.4) is 0 Å². The number of ether oxygens (including phenoxy) is 1. The van der Waals surface area contributed by atoms with Crippen molar-refractivity contribution in [1.82, 2.24) is 5.32 Å². The van der Waals surface area contributed by atoms with Gasteiger partial charge >= 0.3 is 6.09 Å². The number of carbonyl (C=O) groups excluding carboxylic acids is 1. The van der Waals surface area contributed by atoms with Gasteiger partial charge < -0.3 is 15.8 Å². The van der Waals surface area contributed by atoms with Crippen molar-refractivity contribution in [3.63, 3.8) is 0 Å². The maximum atomic E-state index is 11.4. The van der Waals surface area contributed by atoms with Gasteiger partial charge in [0.25, 0.3) is 0 Å². The minimum absolute atomic E-state index is 0.0857. The first-order valence-electron chi connectivity index (χ1n) is 5.13. The van der Waals surface area contributed by atoms with Crippen LogP contribution in [0.4, 0.5) is 4.79 Å². The highest BCUT2D eigenvalue weighted by Crippen LogP contribution is 2.17. The van der Waals surface area contributed by atoms with Crippen LogP contribution in [0.15, 0.2) is 0 Å². The summed E-state index contributed by atoms with van der Waals surface area (Å²) in [6.45, 7) is 5.55. The Kier molecular flexibility index (Phi) is 3.37. The summed E-state index contributed by atoms with van der Waals surface area (Å²) in [7, 11) is 0. The maximum Gasteiger partial charge on any atom is 0.407 e. The molecule has 4 heteroatoms. The molecule has 2 atom stereocenters. The van der Waals surface area contributed by atoms with E-state index >= 15 is 0 Å². The van der Waals surface area contributed by atoms with Crippen LogP contribution in [0.1, 0.15) is 40.0 Å². The lowest BCUT2D eigenvalue weighted by Gasteiger charge is -2.23. The fraction of sp³-hybridized carbons (Fsp3) is 0.900. The van der Waals surface area contributed by atoms with Crippen molar-refractivity contribution in [1.29, 1.82) is 0 Å². The van der Waals surface area contributed by atoms with Gasteiger partial charge in [-0.25, -0.2) is 4.79 Å². The van der Waals surface area contributed by atoms with Crippen LogP contribution in [0.5, 0.6) is 0 Å². The summed E-state index contributed by atoms with van der Waals surface area (Å²) in [5.41, 5.74) is 5.38. The Labute approximate surface area is 85.2 Å². The Morgan fingerprint density at radius 2 is 2.07 bits per heavy atom. The van der Waals surface area contributed by atoms with Crippen molar-refractivity contribution in [3.05, 3.63) is 0 Å². The van der Waals surface area contributed by atoms with E-state index in [0.717, 1.165) is 19.3 Å². The van der Waals surface area contributed by atoms with Crippen LogP contribution in [0.25, 0.3) is 0 Å². The number of nitrogens with two attached hydrogens (primary N) is 1. The van der Waals surface area contributed by atoms with E-state index in [9.17, 15) is 4.79 Å². The van der Waals surface area contributed by atoms with Crippen molar-refractivity contribution in [2.24, 2.45) is 5.73 Å². The highest BCUT2D eigenvalue weighted by Gasteiger charge is 2.27.